The topological polar surface area (TPSA) is 41.1 Å². The van der Waals surface area contributed by atoms with E-state index < -0.39 is 0 Å². The molecule has 2 aromatic rings. The Morgan fingerprint density at radius 1 is 1.38 bits per heavy atom. The Labute approximate surface area is 134 Å². The van der Waals surface area contributed by atoms with Crippen LogP contribution in [0.15, 0.2) is 6.07 Å². The van der Waals surface area contributed by atoms with Gasteiger partial charge in [0, 0.05) is 29.5 Å². The molecule has 0 radical (unpaired) electrons. The van der Waals surface area contributed by atoms with E-state index in [1.165, 1.54) is 16.0 Å². The lowest BCUT2D eigenvalue weighted by molar-refractivity contribution is 0.265. The maximum absolute atomic E-state index is 4.87. The molecule has 6 heteroatoms. The van der Waals surface area contributed by atoms with Gasteiger partial charge >= 0.3 is 0 Å². The van der Waals surface area contributed by atoms with Crippen molar-refractivity contribution in [1.82, 2.24) is 14.9 Å². The highest BCUT2D eigenvalue weighted by atomic mass is 32.2. The SMILES string of the molecule is CCNc1nc(C2CSCCN2C)nc2sc(CC)cc12. The van der Waals surface area contributed by atoms with Crippen molar-refractivity contribution in [1.29, 1.82) is 0 Å². The van der Waals surface area contributed by atoms with Crippen LogP contribution in [0.3, 0.4) is 0 Å². The van der Waals surface area contributed by atoms with Gasteiger partial charge in [-0.15, -0.1) is 11.3 Å². The molecule has 0 aliphatic carbocycles. The van der Waals surface area contributed by atoms with Gasteiger partial charge in [-0.05, 0) is 26.5 Å². The summed E-state index contributed by atoms with van der Waals surface area (Å²) in [4.78, 5) is 14.6. The molecule has 114 valence electrons. The van der Waals surface area contributed by atoms with Crippen LogP contribution in [0.1, 0.15) is 30.6 Å². The van der Waals surface area contributed by atoms with Gasteiger partial charge in [0.15, 0.2) is 0 Å². The smallest absolute Gasteiger partial charge is 0.150 e. The molecule has 3 heterocycles. The first-order valence-electron chi connectivity index (χ1n) is 7.55. The van der Waals surface area contributed by atoms with E-state index in [0.717, 1.165) is 41.7 Å². The van der Waals surface area contributed by atoms with Crippen molar-refractivity contribution in [3.63, 3.8) is 0 Å². The highest BCUT2D eigenvalue weighted by Crippen LogP contribution is 2.33. The number of aryl methyl sites for hydroxylation is 1. The molecule has 0 aromatic carbocycles. The number of aromatic nitrogens is 2. The van der Waals surface area contributed by atoms with E-state index in [0.29, 0.717) is 6.04 Å². The second-order valence-electron chi connectivity index (χ2n) is 5.32. The van der Waals surface area contributed by atoms with Gasteiger partial charge in [0.25, 0.3) is 0 Å². The third-order valence-electron chi connectivity index (χ3n) is 3.85. The van der Waals surface area contributed by atoms with Crippen molar-refractivity contribution in [2.24, 2.45) is 0 Å². The lowest BCUT2D eigenvalue weighted by Gasteiger charge is -2.31. The van der Waals surface area contributed by atoms with Crippen LogP contribution < -0.4 is 5.32 Å². The van der Waals surface area contributed by atoms with Crippen molar-refractivity contribution >= 4 is 39.1 Å². The normalized spacial score (nSPS) is 20.0. The number of thioether (sulfide) groups is 1. The number of thiophene rings is 1. The van der Waals surface area contributed by atoms with Crippen LogP contribution >= 0.6 is 23.1 Å². The Balaban J connectivity index is 2.06. The molecule has 21 heavy (non-hydrogen) atoms. The van der Waals surface area contributed by atoms with Gasteiger partial charge in [0.1, 0.15) is 16.5 Å². The second-order valence-corrected chi connectivity index (χ2v) is 7.58. The molecule has 1 atom stereocenters. The summed E-state index contributed by atoms with van der Waals surface area (Å²) in [6.45, 7) is 6.30. The fourth-order valence-corrected chi connectivity index (χ4v) is 4.76. The average Bonchev–Trinajstić information content (AvgIpc) is 2.91. The van der Waals surface area contributed by atoms with Crippen LogP contribution in [0.4, 0.5) is 5.82 Å². The van der Waals surface area contributed by atoms with E-state index >= 15 is 0 Å². The van der Waals surface area contributed by atoms with Crippen LogP contribution in [-0.4, -0.2) is 46.5 Å². The van der Waals surface area contributed by atoms with Gasteiger partial charge in [-0.25, -0.2) is 9.97 Å². The molecule has 1 N–H and O–H groups in total. The lowest BCUT2D eigenvalue weighted by atomic mass is 10.2. The van der Waals surface area contributed by atoms with Gasteiger partial charge in [-0.1, -0.05) is 6.92 Å². The minimum Gasteiger partial charge on any atom is -0.370 e. The van der Waals surface area contributed by atoms with Crippen LogP contribution in [0, 0.1) is 0 Å². The first-order chi connectivity index (χ1) is 10.2. The quantitative estimate of drug-likeness (QED) is 0.934. The van der Waals surface area contributed by atoms with Crippen molar-refractivity contribution < 1.29 is 0 Å². The van der Waals surface area contributed by atoms with Crippen molar-refractivity contribution in [2.45, 2.75) is 26.3 Å². The molecule has 1 aliphatic rings. The van der Waals surface area contributed by atoms with Crippen LogP contribution in [0.2, 0.25) is 0 Å². The monoisotopic (exact) mass is 322 g/mol. The van der Waals surface area contributed by atoms with Crippen molar-refractivity contribution in [2.75, 3.05) is 37.0 Å². The molecule has 0 amide bonds. The third kappa shape index (κ3) is 3.03. The van der Waals surface area contributed by atoms with E-state index in [2.05, 4.69) is 37.2 Å². The predicted octanol–water partition coefficient (Wildman–Crippen LogP) is 3.41. The minimum absolute atomic E-state index is 0.331. The van der Waals surface area contributed by atoms with E-state index in [9.17, 15) is 0 Å². The van der Waals surface area contributed by atoms with Gasteiger partial charge in [-0.3, -0.25) is 4.90 Å². The molecule has 0 bridgehead atoms. The van der Waals surface area contributed by atoms with E-state index in [-0.39, 0.29) is 0 Å². The zero-order valence-corrected chi connectivity index (χ0v) is 14.5. The Hall–Kier alpha value is -0.850. The molecular weight excluding hydrogens is 300 g/mol. The number of nitrogens with zero attached hydrogens (tertiary/aromatic N) is 3. The maximum Gasteiger partial charge on any atom is 0.150 e. The summed E-state index contributed by atoms with van der Waals surface area (Å²) >= 11 is 3.80. The summed E-state index contributed by atoms with van der Waals surface area (Å²) in [5, 5.41) is 4.59. The second kappa shape index (κ2) is 6.50. The molecular formula is C15H22N4S2. The number of hydrogen-bond donors (Lipinski definition) is 1. The Morgan fingerprint density at radius 3 is 2.95 bits per heavy atom. The molecule has 0 spiro atoms. The Morgan fingerprint density at radius 2 is 2.24 bits per heavy atom. The number of rotatable bonds is 4. The minimum atomic E-state index is 0.331. The number of hydrogen-bond acceptors (Lipinski definition) is 6. The molecule has 3 rings (SSSR count). The summed E-state index contributed by atoms with van der Waals surface area (Å²) in [6.07, 6.45) is 1.06. The molecule has 2 aromatic heterocycles. The molecule has 0 saturated carbocycles. The first kappa shape index (κ1) is 15.1. The molecule has 1 aliphatic heterocycles. The molecule has 1 fully saturated rings. The Bertz CT molecular complexity index is 625. The highest BCUT2D eigenvalue weighted by Gasteiger charge is 2.25. The van der Waals surface area contributed by atoms with Crippen molar-refractivity contribution in [3.05, 3.63) is 16.8 Å². The fraction of sp³-hybridized carbons (Fsp3) is 0.600. The van der Waals surface area contributed by atoms with Crippen LogP contribution in [0.5, 0.6) is 0 Å². The average molecular weight is 323 g/mol. The summed E-state index contributed by atoms with van der Waals surface area (Å²) in [5.41, 5.74) is 0. The summed E-state index contributed by atoms with van der Waals surface area (Å²) in [5.74, 6) is 4.25. The summed E-state index contributed by atoms with van der Waals surface area (Å²) in [6, 6.07) is 2.57. The molecule has 1 unspecified atom stereocenters. The maximum atomic E-state index is 4.87. The number of nitrogens with one attached hydrogen (secondary N) is 1. The largest absolute Gasteiger partial charge is 0.370 e. The van der Waals surface area contributed by atoms with E-state index in [1.807, 2.05) is 11.8 Å². The lowest BCUT2D eigenvalue weighted by Crippen LogP contribution is -2.33. The van der Waals surface area contributed by atoms with E-state index in [1.54, 1.807) is 11.3 Å². The molecule has 4 nitrogen and oxygen atoms in total. The standard InChI is InChI=1S/C15H22N4S2/c1-4-10-8-11-13(16-5-2)17-14(18-15(11)21-10)12-9-20-7-6-19(12)3/h8,12H,4-7,9H2,1-3H3,(H,16,17,18). The van der Waals surface area contributed by atoms with Gasteiger partial charge in [-0.2, -0.15) is 11.8 Å². The fourth-order valence-electron chi connectivity index (χ4n) is 2.57. The Kier molecular flexibility index (Phi) is 4.66. The predicted molar refractivity (Wildman–Crippen MR) is 93.7 cm³/mol. The van der Waals surface area contributed by atoms with Crippen LogP contribution in [0.25, 0.3) is 10.2 Å². The van der Waals surface area contributed by atoms with Gasteiger partial charge in [0.05, 0.1) is 11.4 Å². The highest BCUT2D eigenvalue weighted by molar-refractivity contribution is 7.99. The third-order valence-corrected chi connectivity index (χ3v) is 6.04. The van der Waals surface area contributed by atoms with Crippen molar-refractivity contribution in [3.8, 4) is 0 Å². The first-order valence-corrected chi connectivity index (χ1v) is 9.52. The van der Waals surface area contributed by atoms with Gasteiger partial charge in [0.2, 0.25) is 0 Å². The van der Waals surface area contributed by atoms with E-state index in [4.69, 9.17) is 9.97 Å². The summed E-state index contributed by atoms with van der Waals surface area (Å²) < 4.78 is 0. The summed E-state index contributed by atoms with van der Waals surface area (Å²) in [7, 11) is 2.18. The number of anilines is 1. The zero-order chi connectivity index (χ0) is 14.8. The van der Waals surface area contributed by atoms with Gasteiger partial charge < -0.3 is 5.32 Å². The molecule has 1 saturated heterocycles. The van der Waals surface area contributed by atoms with Crippen LogP contribution in [-0.2, 0) is 6.42 Å². The number of fused-ring (bicyclic) bond motifs is 1. The zero-order valence-electron chi connectivity index (χ0n) is 12.8.